The Morgan fingerprint density at radius 1 is 0.921 bits per heavy atom. The molecular formula is C28H42N2O6S2. The third kappa shape index (κ3) is 8.51. The molecule has 0 aliphatic heterocycles. The zero-order valence-corrected chi connectivity index (χ0v) is 24.4. The lowest BCUT2D eigenvalue weighted by Crippen LogP contribution is -2.38. The first-order valence-corrected chi connectivity index (χ1v) is 16.4. The third-order valence-electron chi connectivity index (χ3n) is 7.63. The van der Waals surface area contributed by atoms with Gasteiger partial charge in [0.15, 0.2) is 0 Å². The fourth-order valence-corrected chi connectivity index (χ4v) is 6.86. The molecule has 0 aromatic heterocycles. The molecule has 0 radical (unpaired) electrons. The van der Waals surface area contributed by atoms with E-state index in [-0.39, 0.29) is 11.7 Å². The van der Waals surface area contributed by atoms with Crippen LogP contribution >= 0.6 is 0 Å². The molecule has 1 aliphatic rings. The summed E-state index contributed by atoms with van der Waals surface area (Å²) in [5.41, 5.74) is 1.65. The summed E-state index contributed by atoms with van der Waals surface area (Å²) in [4.78, 5) is 0. The molecule has 0 spiro atoms. The smallest absolute Gasteiger partial charge is 0.215 e. The molecule has 1 aliphatic carbocycles. The number of hydrogen-bond donors (Lipinski definition) is 3. The van der Waals surface area contributed by atoms with Crippen LogP contribution in [-0.4, -0.2) is 47.4 Å². The molecule has 1 fully saturated rings. The van der Waals surface area contributed by atoms with Crippen molar-refractivity contribution in [1.29, 1.82) is 0 Å². The zero-order chi connectivity index (χ0) is 28.0. The molecule has 3 rings (SSSR count). The van der Waals surface area contributed by atoms with Crippen molar-refractivity contribution in [2.45, 2.75) is 69.5 Å². The highest BCUT2D eigenvalue weighted by Crippen LogP contribution is 2.41. The van der Waals surface area contributed by atoms with Gasteiger partial charge in [0.05, 0.1) is 23.7 Å². The highest BCUT2D eigenvalue weighted by molar-refractivity contribution is 7.90. The summed E-state index contributed by atoms with van der Waals surface area (Å²) in [7, 11) is -5.17. The molecule has 10 heteroatoms. The van der Waals surface area contributed by atoms with E-state index < -0.39 is 30.9 Å². The van der Waals surface area contributed by atoms with Crippen LogP contribution in [0.5, 0.6) is 5.75 Å². The molecule has 1 unspecified atom stereocenters. The molecule has 1 atom stereocenters. The summed E-state index contributed by atoms with van der Waals surface area (Å²) in [6, 6.07) is 14.7. The van der Waals surface area contributed by atoms with Gasteiger partial charge in [-0.05, 0) is 86.6 Å². The summed E-state index contributed by atoms with van der Waals surface area (Å²) >= 11 is 0. The molecule has 3 N–H and O–H groups in total. The van der Waals surface area contributed by atoms with E-state index in [2.05, 4.69) is 16.4 Å². The van der Waals surface area contributed by atoms with Gasteiger partial charge in [0.25, 0.3) is 0 Å². The molecule has 38 heavy (non-hydrogen) atoms. The van der Waals surface area contributed by atoms with E-state index in [1.165, 1.54) is 0 Å². The predicted molar refractivity (Wildman–Crippen MR) is 151 cm³/mol. The lowest BCUT2D eigenvalue weighted by atomic mass is 9.71. The lowest BCUT2D eigenvalue weighted by Gasteiger charge is -2.38. The standard InChI is InChI=1S/C28H42N2O6S2/c1-21(2)38(34,35)30-19-22(3)25-13-16-28(31,17-14-25)26-9-5-23(6-10-26)15-18-29-37(32,33)20-24-7-11-27(36-4)12-8-24/h5-12,21-22,25,29-31H,13-20H2,1-4H3. The number of aliphatic hydroxyl groups is 1. The summed E-state index contributed by atoms with van der Waals surface area (Å²) in [6.45, 7) is 6.12. The minimum Gasteiger partial charge on any atom is -0.497 e. The van der Waals surface area contributed by atoms with E-state index in [1.807, 2.05) is 24.3 Å². The molecule has 1 saturated carbocycles. The van der Waals surface area contributed by atoms with Crippen LogP contribution in [0.1, 0.15) is 63.1 Å². The second kappa shape index (κ2) is 12.9. The van der Waals surface area contributed by atoms with Crippen molar-refractivity contribution in [2.75, 3.05) is 20.2 Å². The number of methoxy groups -OCH3 is 1. The SMILES string of the molecule is COc1ccc(CS(=O)(=O)NCCc2ccc(C3(O)CCC(C(C)CNS(=O)(=O)C(C)C)CC3)cc2)cc1. The fraction of sp³-hybridized carbons (Fsp3) is 0.571. The van der Waals surface area contributed by atoms with Crippen molar-refractivity contribution in [3.05, 3.63) is 65.2 Å². The van der Waals surface area contributed by atoms with Crippen molar-refractivity contribution in [3.8, 4) is 5.75 Å². The van der Waals surface area contributed by atoms with Gasteiger partial charge < -0.3 is 9.84 Å². The van der Waals surface area contributed by atoms with Crippen LogP contribution in [0.4, 0.5) is 0 Å². The van der Waals surface area contributed by atoms with Gasteiger partial charge in [-0.2, -0.15) is 0 Å². The monoisotopic (exact) mass is 566 g/mol. The third-order valence-corrected chi connectivity index (χ3v) is 10.8. The first kappa shape index (κ1) is 30.6. The second-order valence-electron chi connectivity index (χ2n) is 10.7. The van der Waals surface area contributed by atoms with Gasteiger partial charge in [0.2, 0.25) is 20.0 Å². The molecule has 8 nitrogen and oxygen atoms in total. The lowest BCUT2D eigenvalue weighted by molar-refractivity contribution is -0.0207. The van der Waals surface area contributed by atoms with Gasteiger partial charge in [-0.3, -0.25) is 0 Å². The molecule has 2 aromatic carbocycles. The Hall–Kier alpha value is -1.98. The maximum atomic E-state index is 12.4. The van der Waals surface area contributed by atoms with Crippen LogP contribution in [0.25, 0.3) is 0 Å². The first-order chi connectivity index (χ1) is 17.8. The summed E-state index contributed by atoms with van der Waals surface area (Å²) < 4.78 is 59.5. The fourth-order valence-electron chi connectivity index (χ4n) is 4.88. The zero-order valence-electron chi connectivity index (χ0n) is 22.8. The van der Waals surface area contributed by atoms with Crippen molar-refractivity contribution < 1.29 is 26.7 Å². The van der Waals surface area contributed by atoms with Crippen LogP contribution in [0.15, 0.2) is 48.5 Å². The average molecular weight is 567 g/mol. The van der Waals surface area contributed by atoms with E-state index in [9.17, 15) is 21.9 Å². The van der Waals surface area contributed by atoms with Gasteiger partial charge in [0.1, 0.15) is 5.75 Å². The van der Waals surface area contributed by atoms with Gasteiger partial charge in [-0.25, -0.2) is 26.3 Å². The predicted octanol–water partition coefficient (Wildman–Crippen LogP) is 3.70. The number of ether oxygens (including phenoxy) is 1. The van der Waals surface area contributed by atoms with E-state index in [1.54, 1.807) is 45.2 Å². The van der Waals surface area contributed by atoms with Gasteiger partial charge >= 0.3 is 0 Å². The van der Waals surface area contributed by atoms with E-state index in [4.69, 9.17) is 4.74 Å². The topological polar surface area (TPSA) is 122 Å². The molecule has 0 bridgehead atoms. The van der Waals surface area contributed by atoms with Gasteiger partial charge in [-0.15, -0.1) is 0 Å². The van der Waals surface area contributed by atoms with Crippen molar-refractivity contribution in [2.24, 2.45) is 11.8 Å². The van der Waals surface area contributed by atoms with Crippen LogP contribution < -0.4 is 14.2 Å². The van der Waals surface area contributed by atoms with Crippen LogP contribution in [-0.2, 0) is 37.8 Å². The Bertz CT molecular complexity index is 1240. The van der Waals surface area contributed by atoms with Crippen LogP contribution in [0.2, 0.25) is 0 Å². The number of rotatable bonds is 13. The summed E-state index contributed by atoms with van der Waals surface area (Å²) in [5.74, 6) is 1.15. The Kier molecular flexibility index (Phi) is 10.4. The number of benzene rings is 2. The minimum absolute atomic E-state index is 0.0911. The summed E-state index contributed by atoms with van der Waals surface area (Å²) in [5, 5.41) is 10.9. The molecule has 2 aromatic rings. The van der Waals surface area contributed by atoms with E-state index in [0.717, 1.165) is 24.0 Å². The molecule has 212 valence electrons. The largest absolute Gasteiger partial charge is 0.497 e. The van der Waals surface area contributed by atoms with E-state index >= 15 is 0 Å². The average Bonchev–Trinajstić information content (AvgIpc) is 2.88. The van der Waals surface area contributed by atoms with Gasteiger partial charge in [-0.1, -0.05) is 43.3 Å². The van der Waals surface area contributed by atoms with Crippen LogP contribution in [0.3, 0.4) is 0 Å². The summed E-state index contributed by atoms with van der Waals surface area (Å²) in [6.07, 6.45) is 3.47. The molecule has 0 heterocycles. The highest BCUT2D eigenvalue weighted by atomic mass is 32.2. The quantitative estimate of drug-likeness (QED) is 0.340. The molecule has 0 amide bonds. The highest BCUT2D eigenvalue weighted by Gasteiger charge is 2.36. The van der Waals surface area contributed by atoms with Crippen molar-refractivity contribution in [1.82, 2.24) is 9.44 Å². The molecular weight excluding hydrogens is 524 g/mol. The second-order valence-corrected chi connectivity index (χ2v) is 14.9. The van der Waals surface area contributed by atoms with Crippen molar-refractivity contribution >= 4 is 20.0 Å². The molecule has 0 saturated heterocycles. The Labute approximate surface area is 228 Å². The van der Waals surface area contributed by atoms with E-state index in [0.29, 0.717) is 49.6 Å². The van der Waals surface area contributed by atoms with Crippen LogP contribution in [0, 0.1) is 11.8 Å². The minimum atomic E-state index is -3.46. The van der Waals surface area contributed by atoms with Crippen molar-refractivity contribution in [3.63, 3.8) is 0 Å². The Morgan fingerprint density at radius 2 is 1.50 bits per heavy atom. The Morgan fingerprint density at radius 3 is 2.05 bits per heavy atom. The van der Waals surface area contributed by atoms with Gasteiger partial charge in [0, 0.05) is 13.1 Å². The number of sulfonamides is 2. The number of nitrogens with one attached hydrogen (secondary N) is 2. The first-order valence-electron chi connectivity index (χ1n) is 13.2. The Balaban J connectivity index is 1.46. The maximum absolute atomic E-state index is 12.4. The maximum Gasteiger partial charge on any atom is 0.215 e. The number of hydrogen-bond acceptors (Lipinski definition) is 6. The normalized spacial score (nSPS) is 21.4.